The molecule has 0 saturated heterocycles. The molecule has 0 N–H and O–H groups in total. The molecule has 0 radical (unpaired) electrons. The maximum atomic E-state index is 10.6. The van der Waals surface area contributed by atoms with Crippen LogP contribution in [0.15, 0.2) is 18.2 Å². The van der Waals surface area contributed by atoms with Crippen molar-refractivity contribution in [3.05, 3.63) is 38.9 Å². The summed E-state index contributed by atoms with van der Waals surface area (Å²) in [5, 5.41) is 11.1. The van der Waals surface area contributed by atoms with Gasteiger partial charge in [-0.05, 0) is 12.5 Å². The highest BCUT2D eigenvalue weighted by Gasteiger charge is 2.09. The van der Waals surface area contributed by atoms with Crippen LogP contribution in [0.1, 0.15) is 18.9 Å². The molecule has 0 heterocycles. The van der Waals surface area contributed by atoms with Crippen LogP contribution in [0.4, 0.5) is 5.69 Å². The van der Waals surface area contributed by atoms with E-state index >= 15 is 0 Å². The fourth-order valence-corrected chi connectivity index (χ4v) is 1.50. The molecule has 1 aromatic rings. The molecule has 6 heteroatoms. The molecule has 1 rings (SSSR count). The van der Waals surface area contributed by atoms with Gasteiger partial charge in [0.2, 0.25) is 0 Å². The number of rotatable bonds is 8. The number of hydrogen-bond donors (Lipinski definition) is 0. The summed E-state index contributed by atoms with van der Waals surface area (Å²) in [5.74, 6) is 0. The summed E-state index contributed by atoms with van der Waals surface area (Å²) in [6, 6.07) is 4.30. The molecule has 0 aliphatic rings. The number of hydrogen-bond acceptors (Lipinski definition) is 4. The highest BCUT2D eigenvalue weighted by molar-refractivity contribution is 6.31. The average molecular weight is 274 g/mol. The van der Waals surface area contributed by atoms with E-state index < -0.39 is 4.92 Å². The van der Waals surface area contributed by atoms with E-state index in [1.165, 1.54) is 18.2 Å². The normalized spacial score (nSPS) is 10.6. The Bertz CT molecular complexity index is 398. The third-order valence-electron chi connectivity index (χ3n) is 2.22. The zero-order valence-electron chi connectivity index (χ0n) is 10.2. The van der Waals surface area contributed by atoms with Gasteiger partial charge in [0, 0.05) is 29.3 Å². The third kappa shape index (κ3) is 5.00. The van der Waals surface area contributed by atoms with Crippen molar-refractivity contribution in [2.24, 2.45) is 0 Å². The van der Waals surface area contributed by atoms with Crippen LogP contribution in [0.25, 0.3) is 0 Å². The number of halogens is 1. The van der Waals surface area contributed by atoms with E-state index in [1.54, 1.807) is 0 Å². The van der Waals surface area contributed by atoms with Crippen molar-refractivity contribution in [2.45, 2.75) is 20.0 Å². The van der Waals surface area contributed by atoms with Crippen molar-refractivity contribution in [1.82, 2.24) is 0 Å². The lowest BCUT2D eigenvalue weighted by Crippen LogP contribution is -2.05. The van der Waals surface area contributed by atoms with Gasteiger partial charge in [0.25, 0.3) is 5.69 Å². The van der Waals surface area contributed by atoms with Gasteiger partial charge in [-0.15, -0.1) is 0 Å². The van der Waals surface area contributed by atoms with Gasteiger partial charge < -0.3 is 9.47 Å². The lowest BCUT2D eigenvalue weighted by atomic mass is 10.2. The molecule has 18 heavy (non-hydrogen) atoms. The molecular weight excluding hydrogens is 258 g/mol. The average Bonchev–Trinajstić information content (AvgIpc) is 2.35. The highest BCUT2D eigenvalue weighted by Crippen LogP contribution is 2.22. The number of non-ortho nitro benzene ring substituents is 1. The Morgan fingerprint density at radius 3 is 2.67 bits per heavy atom. The van der Waals surface area contributed by atoms with E-state index in [-0.39, 0.29) is 12.3 Å². The maximum absolute atomic E-state index is 10.6. The Balaban J connectivity index is 2.41. The summed E-state index contributed by atoms with van der Waals surface area (Å²) < 4.78 is 10.6. The van der Waals surface area contributed by atoms with Crippen molar-refractivity contribution in [1.29, 1.82) is 0 Å². The lowest BCUT2D eigenvalue weighted by molar-refractivity contribution is -0.384. The van der Waals surface area contributed by atoms with Gasteiger partial charge in [-0.25, -0.2) is 0 Å². The Kier molecular flexibility index (Phi) is 6.64. The van der Waals surface area contributed by atoms with Crippen LogP contribution in [0, 0.1) is 10.1 Å². The van der Waals surface area contributed by atoms with Crippen LogP contribution in [-0.4, -0.2) is 24.7 Å². The summed E-state index contributed by atoms with van der Waals surface area (Å²) in [6.45, 7) is 3.94. The van der Waals surface area contributed by atoms with Gasteiger partial charge in [0.05, 0.1) is 24.7 Å². The minimum absolute atomic E-state index is 0.0141. The second-order valence-electron chi connectivity index (χ2n) is 3.70. The van der Waals surface area contributed by atoms with E-state index in [2.05, 4.69) is 0 Å². The molecule has 0 fully saturated rings. The van der Waals surface area contributed by atoms with Gasteiger partial charge >= 0.3 is 0 Å². The van der Waals surface area contributed by atoms with Crippen molar-refractivity contribution in [3.8, 4) is 0 Å². The largest absolute Gasteiger partial charge is 0.379 e. The lowest BCUT2D eigenvalue weighted by Gasteiger charge is -2.06. The molecule has 0 spiro atoms. The van der Waals surface area contributed by atoms with E-state index in [4.69, 9.17) is 21.1 Å². The number of benzene rings is 1. The molecule has 0 amide bonds. The summed E-state index contributed by atoms with van der Waals surface area (Å²) in [7, 11) is 0. The first-order chi connectivity index (χ1) is 8.65. The van der Waals surface area contributed by atoms with E-state index in [9.17, 15) is 10.1 Å². The molecular formula is C12H16ClNO4. The molecule has 0 aliphatic heterocycles. The Labute approximate surface area is 111 Å². The van der Waals surface area contributed by atoms with Crippen molar-refractivity contribution in [3.63, 3.8) is 0 Å². The van der Waals surface area contributed by atoms with Gasteiger partial charge in [-0.2, -0.15) is 0 Å². The zero-order valence-corrected chi connectivity index (χ0v) is 11.0. The monoisotopic (exact) mass is 273 g/mol. The highest BCUT2D eigenvalue weighted by atomic mass is 35.5. The topological polar surface area (TPSA) is 61.6 Å². The van der Waals surface area contributed by atoms with Gasteiger partial charge in [-0.1, -0.05) is 18.5 Å². The summed E-state index contributed by atoms with van der Waals surface area (Å²) in [5.41, 5.74) is 0.626. The Morgan fingerprint density at radius 2 is 2.00 bits per heavy atom. The number of ether oxygens (including phenoxy) is 2. The van der Waals surface area contributed by atoms with Crippen LogP contribution in [-0.2, 0) is 16.1 Å². The van der Waals surface area contributed by atoms with Crippen LogP contribution in [0.5, 0.6) is 0 Å². The number of nitro groups is 1. The molecule has 1 aromatic carbocycles. The predicted octanol–water partition coefficient (Wildman–Crippen LogP) is 3.19. The molecule has 5 nitrogen and oxygen atoms in total. The summed E-state index contributed by atoms with van der Waals surface area (Å²) in [6.07, 6.45) is 0.969. The van der Waals surface area contributed by atoms with Crippen molar-refractivity contribution >= 4 is 17.3 Å². The summed E-state index contributed by atoms with van der Waals surface area (Å²) >= 11 is 5.93. The number of nitrogens with zero attached hydrogens (tertiary/aromatic N) is 1. The first kappa shape index (κ1) is 14.9. The fourth-order valence-electron chi connectivity index (χ4n) is 1.33. The minimum atomic E-state index is -0.454. The first-order valence-corrected chi connectivity index (χ1v) is 6.11. The van der Waals surface area contributed by atoms with Gasteiger partial charge in [0.15, 0.2) is 0 Å². The standard InChI is InChI=1S/C12H16ClNO4/c1-2-5-17-6-7-18-9-10-8-11(14(15)16)3-4-12(10)13/h3-4,8H,2,5-7,9H2,1H3. The second-order valence-corrected chi connectivity index (χ2v) is 4.10. The molecule has 0 aromatic heterocycles. The van der Waals surface area contributed by atoms with E-state index in [0.29, 0.717) is 30.4 Å². The summed E-state index contributed by atoms with van der Waals surface area (Å²) in [4.78, 5) is 10.2. The number of nitro benzene ring substituents is 1. The second kappa shape index (κ2) is 8.02. The molecule has 0 atom stereocenters. The van der Waals surface area contributed by atoms with Crippen LogP contribution in [0.2, 0.25) is 5.02 Å². The molecule has 0 unspecified atom stereocenters. The molecule has 0 aliphatic carbocycles. The van der Waals surface area contributed by atoms with Gasteiger partial charge in [-0.3, -0.25) is 10.1 Å². The zero-order chi connectivity index (χ0) is 13.4. The van der Waals surface area contributed by atoms with Gasteiger partial charge in [0.1, 0.15) is 0 Å². The predicted molar refractivity (Wildman–Crippen MR) is 68.9 cm³/mol. The van der Waals surface area contributed by atoms with Crippen LogP contribution >= 0.6 is 11.6 Å². The van der Waals surface area contributed by atoms with Crippen LogP contribution in [0.3, 0.4) is 0 Å². The van der Waals surface area contributed by atoms with Crippen LogP contribution < -0.4 is 0 Å². The molecule has 0 bridgehead atoms. The fraction of sp³-hybridized carbons (Fsp3) is 0.500. The van der Waals surface area contributed by atoms with E-state index in [1.807, 2.05) is 6.92 Å². The quantitative estimate of drug-likeness (QED) is 0.415. The Hall–Kier alpha value is -1.17. The first-order valence-electron chi connectivity index (χ1n) is 5.73. The maximum Gasteiger partial charge on any atom is 0.269 e. The SMILES string of the molecule is CCCOCCOCc1cc([N+](=O)[O-])ccc1Cl. The molecule has 100 valence electrons. The Morgan fingerprint density at radius 1 is 1.28 bits per heavy atom. The third-order valence-corrected chi connectivity index (χ3v) is 2.59. The van der Waals surface area contributed by atoms with E-state index in [0.717, 1.165) is 6.42 Å². The molecule has 0 saturated carbocycles. The van der Waals surface area contributed by atoms with Crippen molar-refractivity contribution < 1.29 is 14.4 Å². The smallest absolute Gasteiger partial charge is 0.269 e. The van der Waals surface area contributed by atoms with Crippen molar-refractivity contribution in [2.75, 3.05) is 19.8 Å². The minimum Gasteiger partial charge on any atom is -0.379 e.